The molecular weight excluding hydrogens is 306 g/mol. The van der Waals surface area contributed by atoms with Crippen molar-refractivity contribution in [2.45, 2.75) is 18.9 Å². The number of nitrogens with one attached hydrogen (secondary N) is 1. The lowest BCUT2D eigenvalue weighted by molar-refractivity contribution is 0.100. The van der Waals surface area contributed by atoms with E-state index < -0.39 is 5.91 Å². The maximum Gasteiger partial charge on any atom is 0.252 e. The minimum atomic E-state index is -0.528. The summed E-state index contributed by atoms with van der Waals surface area (Å²) in [6.45, 7) is 0. The van der Waals surface area contributed by atoms with Crippen molar-refractivity contribution in [1.82, 2.24) is 19.7 Å². The normalized spacial score (nSPS) is 13.6. The molecule has 8 heteroatoms. The topological polar surface area (TPSA) is 123 Å². The molecule has 0 aromatic carbocycles. The van der Waals surface area contributed by atoms with Gasteiger partial charge in [-0.15, -0.1) is 0 Å². The number of nitriles is 1. The van der Waals surface area contributed by atoms with E-state index in [9.17, 15) is 4.79 Å². The molecule has 0 bridgehead atoms. The number of primary amides is 1. The van der Waals surface area contributed by atoms with Crippen molar-refractivity contribution in [1.29, 1.82) is 5.26 Å². The standard InChI is InChI=1S/C16H13N7O/c17-5-9-3-10-7-21-23(16(10)20-6-9)14-4-13(22-11-1-2-11)12(8-19-14)15(18)24/h3-4,6-8,11H,1-2H2,(H2,18,24)(H,19,22). The zero-order chi connectivity index (χ0) is 16.7. The molecule has 1 aliphatic carbocycles. The first-order chi connectivity index (χ1) is 11.7. The molecule has 1 saturated carbocycles. The van der Waals surface area contributed by atoms with Crippen LogP contribution in [0.1, 0.15) is 28.8 Å². The van der Waals surface area contributed by atoms with Crippen molar-refractivity contribution in [2.24, 2.45) is 5.73 Å². The molecule has 0 aliphatic heterocycles. The van der Waals surface area contributed by atoms with Crippen molar-refractivity contribution < 1.29 is 4.79 Å². The van der Waals surface area contributed by atoms with Gasteiger partial charge in [0, 0.05) is 29.9 Å². The van der Waals surface area contributed by atoms with Crippen LogP contribution >= 0.6 is 0 Å². The number of hydrogen-bond acceptors (Lipinski definition) is 6. The molecular formula is C16H13N7O. The number of fused-ring (bicyclic) bond motifs is 1. The summed E-state index contributed by atoms with van der Waals surface area (Å²) >= 11 is 0. The number of rotatable bonds is 4. The number of nitrogens with two attached hydrogens (primary N) is 1. The van der Waals surface area contributed by atoms with Crippen molar-refractivity contribution in [3.63, 3.8) is 0 Å². The molecule has 0 atom stereocenters. The van der Waals surface area contributed by atoms with Gasteiger partial charge in [-0.2, -0.15) is 15.0 Å². The molecule has 1 fully saturated rings. The van der Waals surface area contributed by atoms with E-state index in [-0.39, 0.29) is 0 Å². The molecule has 3 N–H and O–H groups in total. The van der Waals surface area contributed by atoms with Gasteiger partial charge in [0.15, 0.2) is 11.5 Å². The first-order valence-corrected chi connectivity index (χ1v) is 7.46. The van der Waals surface area contributed by atoms with Gasteiger partial charge in [0.05, 0.1) is 23.0 Å². The highest BCUT2D eigenvalue weighted by atomic mass is 16.1. The largest absolute Gasteiger partial charge is 0.382 e. The Kier molecular flexibility index (Phi) is 3.13. The molecule has 4 rings (SSSR count). The fraction of sp³-hybridized carbons (Fsp3) is 0.188. The first-order valence-electron chi connectivity index (χ1n) is 7.46. The van der Waals surface area contributed by atoms with E-state index in [1.54, 1.807) is 23.0 Å². The summed E-state index contributed by atoms with van der Waals surface area (Å²) in [5, 5.41) is 17.3. The highest BCUT2D eigenvalue weighted by Gasteiger charge is 2.23. The number of anilines is 1. The highest BCUT2D eigenvalue weighted by molar-refractivity contribution is 5.98. The fourth-order valence-electron chi connectivity index (χ4n) is 2.47. The smallest absolute Gasteiger partial charge is 0.252 e. The summed E-state index contributed by atoms with van der Waals surface area (Å²) in [5.74, 6) is -0.00494. The molecule has 0 saturated heterocycles. The van der Waals surface area contributed by atoms with Crippen molar-refractivity contribution in [3.05, 3.63) is 41.9 Å². The minimum Gasteiger partial charge on any atom is -0.382 e. The van der Waals surface area contributed by atoms with Crippen LogP contribution in [0.3, 0.4) is 0 Å². The van der Waals surface area contributed by atoms with Gasteiger partial charge < -0.3 is 11.1 Å². The molecule has 24 heavy (non-hydrogen) atoms. The van der Waals surface area contributed by atoms with E-state index in [0.717, 1.165) is 18.2 Å². The maximum absolute atomic E-state index is 11.6. The van der Waals surface area contributed by atoms with Crippen LogP contribution in [0, 0.1) is 11.3 Å². The van der Waals surface area contributed by atoms with Crippen LogP contribution in [0.2, 0.25) is 0 Å². The molecule has 118 valence electrons. The van der Waals surface area contributed by atoms with Crippen molar-refractivity contribution in [2.75, 3.05) is 5.32 Å². The van der Waals surface area contributed by atoms with Gasteiger partial charge in [0.25, 0.3) is 5.91 Å². The number of hydrogen-bond donors (Lipinski definition) is 2. The SMILES string of the molecule is N#Cc1cnc2c(cnn2-c2cc(NC3CC3)c(C(N)=O)cn2)c1. The van der Waals surface area contributed by atoms with E-state index in [4.69, 9.17) is 11.0 Å². The van der Waals surface area contributed by atoms with Crippen LogP contribution in [0.4, 0.5) is 5.69 Å². The summed E-state index contributed by atoms with van der Waals surface area (Å²) in [6, 6.07) is 5.87. The van der Waals surface area contributed by atoms with Crippen LogP contribution in [0.15, 0.2) is 30.7 Å². The van der Waals surface area contributed by atoms with Crippen molar-refractivity contribution >= 4 is 22.6 Å². The van der Waals surface area contributed by atoms with Crippen LogP contribution in [-0.4, -0.2) is 31.7 Å². The second-order valence-electron chi connectivity index (χ2n) is 5.68. The number of amides is 1. The van der Waals surface area contributed by atoms with Gasteiger partial charge in [0.1, 0.15) is 6.07 Å². The van der Waals surface area contributed by atoms with Crippen molar-refractivity contribution in [3.8, 4) is 11.9 Å². The Morgan fingerprint density at radius 1 is 1.29 bits per heavy atom. The average molecular weight is 319 g/mol. The monoisotopic (exact) mass is 319 g/mol. The lowest BCUT2D eigenvalue weighted by Crippen LogP contribution is -2.16. The Hall–Kier alpha value is -3.47. The van der Waals surface area contributed by atoms with Crippen LogP contribution in [-0.2, 0) is 0 Å². The van der Waals surface area contributed by atoms with Crippen LogP contribution in [0.25, 0.3) is 16.9 Å². The fourth-order valence-corrected chi connectivity index (χ4v) is 2.47. The third-order valence-electron chi connectivity index (χ3n) is 3.85. The predicted octanol–water partition coefficient (Wildman–Crippen LogP) is 1.36. The molecule has 8 nitrogen and oxygen atoms in total. The summed E-state index contributed by atoms with van der Waals surface area (Å²) in [6.07, 6.45) is 6.69. The minimum absolute atomic E-state index is 0.349. The lowest BCUT2D eigenvalue weighted by atomic mass is 10.2. The van der Waals surface area contributed by atoms with Crippen LogP contribution < -0.4 is 11.1 Å². The molecule has 1 amide bonds. The van der Waals surface area contributed by atoms with E-state index in [2.05, 4.69) is 20.4 Å². The zero-order valence-corrected chi connectivity index (χ0v) is 12.6. The average Bonchev–Trinajstić information content (AvgIpc) is 3.30. The molecule has 1 aliphatic rings. The van der Waals surface area contributed by atoms with E-state index >= 15 is 0 Å². The molecule has 3 aromatic rings. The third-order valence-corrected chi connectivity index (χ3v) is 3.85. The van der Waals surface area contributed by atoms with Gasteiger partial charge in [-0.3, -0.25) is 4.79 Å². The summed E-state index contributed by atoms with van der Waals surface area (Å²) in [5.41, 5.74) is 7.47. The zero-order valence-electron chi connectivity index (χ0n) is 12.6. The second kappa shape index (κ2) is 5.31. The third kappa shape index (κ3) is 2.42. The molecule has 3 aromatic heterocycles. The number of nitrogens with zero attached hydrogens (tertiary/aromatic N) is 5. The van der Waals surface area contributed by atoms with Crippen LogP contribution in [0.5, 0.6) is 0 Å². The summed E-state index contributed by atoms with van der Waals surface area (Å²) in [7, 11) is 0. The lowest BCUT2D eigenvalue weighted by Gasteiger charge is -2.11. The Morgan fingerprint density at radius 3 is 2.83 bits per heavy atom. The quantitative estimate of drug-likeness (QED) is 0.748. The van der Waals surface area contributed by atoms with Gasteiger partial charge in [-0.1, -0.05) is 0 Å². The Labute approximate surface area is 136 Å². The first kappa shape index (κ1) is 14.1. The summed E-state index contributed by atoms with van der Waals surface area (Å²) in [4.78, 5) is 20.1. The molecule has 0 unspecified atom stereocenters. The van der Waals surface area contributed by atoms with Gasteiger partial charge in [-0.05, 0) is 18.9 Å². The summed E-state index contributed by atoms with van der Waals surface area (Å²) < 4.78 is 1.57. The maximum atomic E-state index is 11.6. The molecule has 3 heterocycles. The van der Waals surface area contributed by atoms with E-state index in [0.29, 0.717) is 34.3 Å². The van der Waals surface area contributed by atoms with Gasteiger partial charge in [-0.25, -0.2) is 9.97 Å². The van der Waals surface area contributed by atoms with Gasteiger partial charge >= 0.3 is 0 Å². The highest BCUT2D eigenvalue weighted by Crippen LogP contribution is 2.28. The number of pyridine rings is 2. The second-order valence-corrected chi connectivity index (χ2v) is 5.68. The number of carbonyl (C=O) groups is 1. The predicted molar refractivity (Wildman–Crippen MR) is 86.5 cm³/mol. The Morgan fingerprint density at radius 2 is 2.12 bits per heavy atom. The Balaban J connectivity index is 1.81. The van der Waals surface area contributed by atoms with Gasteiger partial charge in [0.2, 0.25) is 0 Å². The molecule has 0 radical (unpaired) electrons. The number of carbonyl (C=O) groups excluding carboxylic acids is 1. The van der Waals surface area contributed by atoms with E-state index in [1.165, 1.54) is 12.4 Å². The Bertz CT molecular complexity index is 997. The molecule has 0 spiro atoms. The number of aromatic nitrogens is 4. The van der Waals surface area contributed by atoms with E-state index in [1.807, 2.05) is 6.07 Å².